The van der Waals surface area contributed by atoms with Crippen molar-refractivity contribution < 1.29 is 14.3 Å². The van der Waals surface area contributed by atoms with Crippen molar-refractivity contribution in [2.24, 2.45) is 5.92 Å². The molecule has 1 aromatic carbocycles. The largest absolute Gasteiger partial charge is 0.505 e. The molecule has 0 radical (unpaired) electrons. The molecule has 2 N–H and O–H groups in total. The molecule has 4 nitrogen and oxygen atoms in total. The first kappa shape index (κ1) is 17.2. The molecule has 2 aliphatic rings. The average molecular weight is 334 g/mol. The van der Waals surface area contributed by atoms with Gasteiger partial charge in [-0.05, 0) is 38.3 Å². The summed E-state index contributed by atoms with van der Waals surface area (Å²) in [5.41, 5.74) is 0.607. The lowest BCUT2D eigenvalue weighted by Gasteiger charge is -2.32. The molecule has 3 rings (SSSR count). The number of fused-ring (bicyclic) bond motifs is 1. The summed E-state index contributed by atoms with van der Waals surface area (Å²) in [6.45, 7) is 2.16. The number of nitrogens with zero attached hydrogens (tertiary/aromatic N) is 1. The highest BCUT2D eigenvalue weighted by atomic mass is 19.1. The van der Waals surface area contributed by atoms with Crippen LogP contribution in [0.25, 0.3) is 0 Å². The maximum atomic E-state index is 13.6. The maximum Gasteiger partial charge on any atom is 0.224 e. The molecular weight excluding hydrogens is 307 g/mol. The average Bonchev–Trinajstić information content (AvgIpc) is 3.05. The SMILES string of the molecule is O=C1NCCCCCCN(Cc2cccc(F)c2O)C2CCCC12. The van der Waals surface area contributed by atoms with Gasteiger partial charge in [0.25, 0.3) is 0 Å². The normalized spacial score (nSPS) is 26.5. The Kier molecular flexibility index (Phi) is 5.72. The Hall–Kier alpha value is -1.62. The number of carbonyl (C=O) groups excluding carboxylic acids is 1. The van der Waals surface area contributed by atoms with E-state index >= 15 is 0 Å². The van der Waals surface area contributed by atoms with Crippen molar-refractivity contribution in [1.82, 2.24) is 10.2 Å². The second-order valence-electron chi connectivity index (χ2n) is 7.03. The summed E-state index contributed by atoms with van der Waals surface area (Å²) >= 11 is 0. The van der Waals surface area contributed by atoms with Crippen molar-refractivity contribution in [3.05, 3.63) is 29.6 Å². The van der Waals surface area contributed by atoms with Crippen LogP contribution in [-0.2, 0) is 11.3 Å². The van der Waals surface area contributed by atoms with Crippen LogP contribution in [0.3, 0.4) is 0 Å². The van der Waals surface area contributed by atoms with Crippen LogP contribution in [0.2, 0.25) is 0 Å². The van der Waals surface area contributed by atoms with Gasteiger partial charge in [0.2, 0.25) is 5.91 Å². The number of aromatic hydroxyl groups is 1. The number of rotatable bonds is 2. The fourth-order valence-corrected chi connectivity index (χ4v) is 4.09. The molecule has 1 aliphatic carbocycles. The summed E-state index contributed by atoms with van der Waals surface area (Å²) in [6, 6.07) is 4.87. The number of amides is 1. The summed E-state index contributed by atoms with van der Waals surface area (Å²) in [5, 5.41) is 13.1. The minimum atomic E-state index is -0.578. The lowest BCUT2D eigenvalue weighted by Crippen LogP contribution is -2.44. The van der Waals surface area contributed by atoms with Crippen LogP contribution in [0.15, 0.2) is 18.2 Å². The Labute approximate surface area is 143 Å². The number of benzene rings is 1. The van der Waals surface area contributed by atoms with Crippen LogP contribution < -0.4 is 5.32 Å². The van der Waals surface area contributed by atoms with E-state index in [-0.39, 0.29) is 23.6 Å². The van der Waals surface area contributed by atoms with Crippen LogP contribution in [0.4, 0.5) is 4.39 Å². The molecule has 1 heterocycles. The Morgan fingerprint density at radius 3 is 2.88 bits per heavy atom. The van der Waals surface area contributed by atoms with Crippen molar-refractivity contribution in [3.8, 4) is 5.75 Å². The molecule has 1 amide bonds. The van der Waals surface area contributed by atoms with Gasteiger partial charge in [-0.3, -0.25) is 9.69 Å². The number of phenolic OH excluding ortho intramolecular Hbond substituents is 1. The Morgan fingerprint density at radius 1 is 1.17 bits per heavy atom. The third-order valence-corrected chi connectivity index (χ3v) is 5.40. The summed E-state index contributed by atoms with van der Waals surface area (Å²) in [7, 11) is 0. The lowest BCUT2D eigenvalue weighted by molar-refractivity contribution is -0.126. The zero-order valence-corrected chi connectivity index (χ0v) is 14.1. The third-order valence-electron chi connectivity index (χ3n) is 5.40. The van der Waals surface area contributed by atoms with Gasteiger partial charge in [-0.2, -0.15) is 0 Å². The fraction of sp³-hybridized carbons (Fsp3) is 0.632. The zero-order chi connectivity index (χ0) is 16.9. The van der Waals surface area contributed by atoms with Gasteiger partial charge in [0.1, 0.15) is 0 Å². The van der Waals surface area contributed by atoms with Gasteiger partial charge in [0.05, 0.1) is 5.92 Å². The Bertz CT molecular complexity index is 578. The van der Waals surface area contributed by atoms with Crippen molar-refractivity contribution in [2.75, 3.05) is 13.1 Å². The molecule has 132 valence electrons. The Morgan fingerprint density at radius 2 is 2.00 bits per heavy atom. The summed E-state index contributed by atoms with van der Waals surface area (Å²) in [6.07, 6.45) is 7.33. The van der Waals surface area contributed by atoms with E-state index in [1.165, 1.54) is 6.07 Å². The van der Waals surface area contributed by atoms with Gasteiger partial charge in [0.15, 0.2) is 11.6 Å². The molecule has 5 heteroatoms. The first-order valence-electron chi connectivity index (χ1n) is 9.15. The molecule has 1 saturated heterocycles. The van der Waals surface area contributed by atoms with E-state index in [1.54, 1.807) is 12.1 Å². The molecule has 0 spiro atoms. The van der Waals surface area contributed by atoms with Gasteiger partial charge < -0.3 is 10.4 Å². The minimum Gasteiger partial charge on any atom is -0.505 e. The number of nitrogens with one attached hydrogen (secondary N) is 1. The molecule has 2 fully saturated rings. The molecule has 2 unspecified atom stereocenters. The van der Waals surface area contributed by atoms with Crippen molar-refractivity contribution in [1.29, 1.82) is 0 Å². The maximum absolute atomic E-state index is 13.6. The molecule has 1 saturated carbocycles. The van der Waals surface area contributed by atoms with Gasteiger partial charge in [0, 0.05) is 24.7 Å². The number of hydrogen-bond donors (Lipinski definition) is 2. The van der Waals surface area contributed by atoms with Crippen LogP contribution >= 0.6 is 0 Å². The Balaban J connectivity index is 1.81. The standard InChI is InChI=1S/C19H27FN2O2/c20-16-9-5-7-14(18(16)23)13-22-12-4-2-1-3-11-21-19(24)15-8-6-10-17(15)22/h5,7,9,15,17,23H,1-4,6,8,10-13H2,(H,21,24). The van der Waals surface area contributed by atoms with Crippen LogP contribution in [0, 0.1) is 11.7 Å². The first-order chi connectivity index (χ1) is 11.7. The fourth-order valence-electron chi connectivity index (χ4n) is 4.09. The molecule has 0 bridgehead atoms. The number of carbonyl (C=O) groups is 1. The highest BCUT2D eigenvalue weighted by Gasteiger charge is 2.36. The van der Waals surface area contributed by atoms with E-state index in [2.05, 4.69) is 10.2 Å². The monoisotopic (exact) mass is 334 g/mol. The van der Waals surface area contributed by atoms with Crippen LogP contribution in [0.1, 0.15) is 50.5 Å². The van der Waals surface area contributed by atoms with E-state index in [0.717, 1.165) is 58.0 Å². The number of halogens is 1. The summed E-state index contributed by atoms with van der Waals surface area (Å²) < 4.78 is 13.6. The zero-order valence-electron chi connectivity index (χ0n) is 14.1. The van der Waals surface area contributed by atoms with Gasteiger partial charge in [-0.25, -0.2) is 4.39 Å². The molecule has 24 heavy (non-hydrogen) atoms. The first-order valence-corrected chi connectivity index (χ1v) is 9.15. The van der Waals surface area contributed by atoms with Gasteiger partial charge in [-0.15, -0.1) is 0 Å². The van der Waals surface area contributed by atoms with E-state index in [9.17, 15) is 14.3 Å². The van der Waals surface area contributed by atoms with E-state index in [0.29, 0.717) is 12.1 Å². The van der Waals surface area contributed by atoms with Crippen molar-refractivity contribution >= 4 is 5.91 Å². The number of phenols is 1. The van der Waals surface area contributed by atoms with Crippen LogP contribution in [-0.4, -0.2) is 35.0 Å². The second kappa shape index (κ2) is 7.97. The molecule has 1 aliphatic heterocycles. The summed E-state index contributed by atoms with van der Waals surface area (Å²) in [5.74, 6) is -0.663. The molecular formula is C19H27FN2O2. The van der Waals surface area contributed by atoms with Crippen molar-refractivity contribution in [3.63, 3.8) is 0 Å². The number of hydrogen-bond acceptors (Lipinski definition) is 3. The molecule has 1 aromatic rings. The van der Waals surface area contributed by atoms with E-state index in [4.69, 9.17) is 0 Å². The highest BCUT2D eigenvalue weighted by molar-refractivity contribution is 5.79. The van der Waals surface area contributed by atoms with Gasteiger partial charge in [-0.1, -0.05) is 31.4 Å². The third kappa shape index (κ3) is 3.89. The second-order valence-corrected chi connectivity index (χ2v) is 7.03. The van der Waals surface area contributed by atoms with Crippen LogP contribution in [0.5, 0.6) is 5.75 Å². The minimum absolute atomic E-state index is 0.0128. The number of para-hydroxylation sites is 1. The smallest absolute Gasteiger partial charge is 0.224 e. The lowest BCUT2D eigenvalue weighted by atomic mass is 9.99. The predicted molar refractivity (Wildman–Crippen MR) is 91.1 cm³/mol. The van der Waals surface area contributed by atoms with E-state index < -0.39 is 5.82 Å². The van der Waals surface area contributed by atoms with Gasteiger partial charge >= 0.3 is 0 Å². The molecule has 2 atom stereocenters. The van der Waals surface area contributed by atoms with E-state index in [1.807, 2.05) is 0 Å². The summed E-state index contributed by atoms with van der Waals surface area (Å²) in [4.78, 5) is 14.8. The quantitative estimate of drug-likeness (QED) is 0.873. The van der Waals surface area contributed by atoms with Crippen molar-refractivity contribution in [2.45, 2.75) is 57.5 Å². The highest BCUT2D eigenvalue weighted by Crippen LogP contribution is 2.33. The topological polar surface area (TPSA) is 52.6 Å². The molecule has 0 aromatic heterocycles. The predicted octanol–water partition coefficient (Wildman–Crippen LogP) is 3.19.